The maximum Gasteiger partial charge on any atom is 0.272 e. The predicted molar refractivity (Wildman–Crippen MR) is 128 cm³/mol. The van der Waals surface area contributed by atoms with Crippen LogP contribution in [-0.2, 0) is 4.79 Å². The van der Waals surface area contributed by atoms with Crippen LogP contribution in [0.2, 0.25) is 5.02 Å². The van der Waals surface area contributed by atoms with Gasteiger partial charge in [-0.3, -0.25) is 19.7 Å². The minimum Gasteiger partial charge on any atom is -0.496 e. The van der Waals surface area contributed by atoms with Gasteiger partial charge in [-0.1, -0.05) is 23.7 Å². The molecule has 9 nitrogen and oxygen atoms in total. The van der Waals surface area contributed by atoms with E-state index in [0.29, 0.717) is 27.8 Å². The zero-order valence-corrected chi connectivity index (χ0v) is 19.0. The summed E-state index contributed by atoms with van der Waals surface area (Å²) in [7, 11) is 2.90. The number of anilines is 1. The van der Waals surface area contributed by atoms with Gasteiger partial charge in [0.2, 0.25) is 0 Å². The summed E-state index contributed by atoms with van der Waals surface area (Å²) in [6.45, 7) is 0. The van der Waals surface area contributed by atoms with Crippen molar-refractivity contribution in [1.29, 1.82) is 0 Å². The molecule has 2 amide bonds. The number of nitrogens with one attached hydrogen (secondary N) is 2. The Morgan fingerprint density at radius 3 is 2.26 bits per heavy atom. The Balaban J connectivity index is 1.93. The average Bonchev–Trinajstić information content (AvgIpc) is 2.84. The first-order valence-electron chi connectivity index (χ1n) is 9.87. The molecule has 10 heteroatoms. The van der Waals surface area contributed by atoms with E-state index in [2.05, 4.69) is 10.6 Å². The highest BCUT2D eigenvalue weighted by Crippen LogP contribution is 2.27. The molecule has 0 spiro atoms. The second-order valence-corrected chi connectivity index (χ2v) is 7.27. The summed E-state index contributed by atoms with van der Waals surface area (Å²) in [5.41, 5.74) is 0.853. The fraction of sp³-hybridized carbons (Fsp3) is 0.0833. The molecule has 34 heavy (non-hydrogen) atoms. The van der Waals surface area contributed by atoms with E-state index < -0.39 is 16.7 Å². The van der Waals surface area contributed by atoms with Crippen molar-refractivity contribution in [3.8, 4) is 11.5 Å². The van der Waals surface area contributed by atoms with Gasteiger partial charge in [-0.25, -0.2) is 0 Å². The summed E-state index contributed by atoms with van der Waals surface area (Å²) in [4.78, 5) is 36.4. The number of para-hydroxylation sites is 1. The second-order valence-electron chi connectivity index (χ2n) is 6.86. The molecule has 0 bridgehead atoms. The van der Waals surface area contributed by atoms with Crippen molar-refractivity contribution in [1.82, 2.24) is 5.32 Å². The first-order chi connectivity index (χ1) is 16.3. The number of carbonyl (C=O) groups is 2. The zero-order valence-electron chi connectivity index (χ0n) is 18.2. The van der Waals surface area contributed by atoms with Crippen molar-refractivity contribution in [2.45, 2.75) is 0 Å². The first-order valence-corrected chi connectivity index (χ1v) is 10.3. The van der Waals surface area contributed by atoms with Crippen molar-refractivity contribution in [3.63, 3.8) is 0 Å². The van der Waals surface area contributed by atoms with Gasteiger partial charge >= 0.3 is 0 Å². The Morgan fingerprint density at radius 2 is 1.65 bits per heavy atom. The maximum absolute atomic E-state index is 13.1. The largest absolute Gasteiger partial charge is 0.496 e. The number of nitro groups is 1. The molecular weight excluding hydrogens is 462 g/mol. The summed E-state index contributed by atoms with van der Waals surface area (Å²) in [5.74, 6) is -0.445. The number of ether oxygens (including phenoxy) is 2. The zero-order chi connectivity index (χ0) is 24.7. The molecule has 3 aromatic rings. The van der Waals surface area contributed by atoms with Crippen molar-refractivity contribution in [2.24, 2.45) is 0 Å². The monoisotopic (exact) mass is 481 g/mol. The molecule has 0 fully saturated rings. The Labute approximate surface area is 200 Å². The second kappa shape index (κ2) is 11.0. The van der Waals surface area contributed by atoms with Crippen LogP contribution in [0.3, 0.4) is 0 Å². The van der Waals surface area contributed by atoms with E-state index in [1.54, 1.807) is 36.4 Å². The van der Waals surface area contributed by atoms with E-state index in [1.807, 2.05) is 0 Å². The van der Waals surface area contributed by atoms with Crippen molar-refractivity contribution in [3.05, 3.63) is 98.7 Å². The van der Waals surface area contributed by atoms with Gasteiger partial charge in [-0.15, -0.1) is 0 Å². The Bertz CT molecular complexity index is 1260. The van der Waals surface area contributed by atoms with Gasteiger partial charge in [0.25, 0.3) is 17.5 Å². The smallest absolute Gasteiger partial charge is 0.272 e. The normalized spacial score (nSPS) is 10.9. The van der Waals surface area contributed by atoms with Crippen LogP contribution in [0.4, 0.5) is 11.4 Å². The molecule has 0 aliphatic heterocycles. The summed E-state index contributed by atoms with van der Waals surface area (Å²) in [5, 5.41) is 16.5. The summed E-state index contributed by atoms with van der Waals surface area (Å²) in [6.07, 6.45) is 1.40. The standard InChI is InChI=1S/C24H20ClN3O6/c1-33-21-6-4-3-5-18(21)23(29)27-20(13-15-7-10-17(11-8-15)28(31)32)24(30)26-16-9-12-22(34-2)19(25)14-16/h3-14H,1-2H3,(H,26,30)(H,27,29). The van der Waals surface area contributed by atoms with Gasteiger partial charge in [0, 0.05) is 17.8 Å². The van der Waals surface area contributed by atoms with E-state index in [-0.39, 0.29) is 16.9 Å². The topological polar surface area (TPSA) is 120 Å². The van der Waals surface area contributed by atoms with Crippen LogP contribution < -0.4 is 20.1 Å². The molecule has 0 radical (unpaired) electrons. The van der Waals surface area contributed by atoms with E-state index >= 15 is 0 Å². The number of amides is 2. The molecule has 0 aromatic heterocycles. The van der Waals surface area contributed by atoms with Crippen LogP contribution in [0, 0.1) is 10.1 Å². The Hall–Kier alpha value is -4.37. The number of non-ortho nitro benzene ring substituents is 1. The highest BCUT2D eigenvalue weighted by atomic mass is 35.5. The predicted octanol–water partition coefficient (Wildman–Crippen LogP) is 4.68. The quantitative estimate of drug-likeness (QED) is 0.274. The number of nitro benzene ring substituents is 1. The van der Waals surface area contributed by atoms with E-state index in [1.165, 1.54) is 50.6 Å². The molecule has 3 aromatic carbocycles. The summed E-state index contributed by atoms with van der Waals surface area (Å²) < 4.78 is 10.3. The van der Waals surface area contributed by atoms with Gasteiger partial charge in [0.05, 0.1) is 29.7 Å². The number of rotatable bonds is 8. The maximum atomic E-state index is 13.1. The number of hydrogen-bond acceptors (Lipinski definition) is 6. The number of benzene rings is 3. The van der Waals surface area contributed by atoms with E-state index in [4.69, 9.17) is 21.1 Å². The van der Waals surface area contributed by atoms with Crippen LogP contribution in [-0.4, -0.2) is 31.0 Å². The average molecular weight is 482 g/mol. The van der Waals surface area contributed by atoms with Gasteiger partial charge < -0.3 is 20.1 Å². The number of nitrogens with zero attached hydrogens (tertiary/aromatic N) is 1. The van der Waals surface area contributed by atoms with Crippen LogP contribution >= 0.6 is 11.6 Å². The molecule has 0 aliphatic rings. The molecule has 0 heterocycles. The van der Waals surface area contributed by atoms with Gasteiger partial charge in [-0.2, -0.15) is 0 Å². The lowest BCUT2D eigenvalue weighted by atomic mass is 10.1. The van der Waals surface area contributed by atoms with Crippen molar-refractivity contribution >= 4 is 40.9 Å². The third-order valence-electron chi connectivity index (χ3n) is 4.67. The SMILES string of the molecule is COc1ccc(NC(=O)C(=Cc2ccc([N+](=O)[O-])cc2)NC(=O)c2ccccc2OC)cc1Cl. The summed E-state index contributed by atoms with van der Waals surface area (Å²) >= 11 is 6.13. The molecule has 0 aliphatic carbocycles. The number of hydrogen-bond donors (Lipinski definition) is 2. The highest BCUT2D eigenvalue weighted by molar-refractivity contribution is 6.32. The lowest BCUT2D eigenvalue weighted by Gasteiger charge is -2.13. The third-order valence-corrected chi connectivity index (χ3v) is 4.96. The third kappa shape index (κ3) is 5.90. The van der Waals surface area contributed by atoms with E-state index in [0.717, 1.165) is 0 Å². The minimum atomic E-state index is -0.636. The minimum absolute atomic E-state index is 0.100. The van der Waals surface area contributed by atoms with Crippen LogP contribution in [0.1, 0.15) is 15.9 Å². The van der Waals surface area contributed by atoms with Crippen LogP contribution in [0.15, 0.2) is 72.4 Å². The molecular formula is C24H20ClN3O6. The Kier molecular flexibility index (Phi) is 7.83. The fourth-order valence-electron chi connectivity index (χ4n) is 2.98. The summed E-state index contributed by atoms with van der Waals surface area (Å²) in [6, 6.07) is 16.8. The number of methoxy groups -OCH3 is 2. The van der Waals surface area contributed by atoms with Crippen molar-refractivity contribution in [2.75, 3.05) is 19.5 Å². The van der Waals surface area contributed by atoms with Gasteiger partial charge in [0.15, 0.2) is 0 Å². The molecule has 0 unspecified atom stereocenters. The molecule has 0 saturated carbocycles. The number of halogens is 1. The van der Waals surface area contributed by atoms with Crippen LogP contribution in [0.25, 0.3) is 6.08 Å². The fourth-order valence-corrected chi connectivity index (χ4v) is 3.24. The number of carbonyl (C=O) groups excluding carboxylic acids is 2. The molecule has 0 saturated heterocycles. The van der Waals surface area contributed by atoms with Gasteiger partial charge in [-0.05, 0) is 54.1 Å². The highest BCUT2D eigenvalue weighted by Gasteiger charge is 2.18. The lowest BCUT2D eigenvalue weighted by Crippen LogP contribution is -2.31. The lowest BCUT2D eigenvalue weighted by molar-refractivity contribution is -0.384. The molecule has 0 atom stereocenters. The van der Waals surface area contributed by atoms with Gasteiger partial charge in [0.1, 0.15) is 17.2 Å². The Morgan fingerprint density at radius 1 is 0.971 bits per heavy atom. The van der Waals surface area contributed by atoms with E-state index in [9.17, 15) is 19.7 Å². The first kappa shape index (κ1) is 24.3. The molecule has 174 valence electrons. The van der Waals surface area contributed by atoms with Crippen LogP contribution in [0.5, 0.6) is 11.5 Å². The molecule has 2 N–H and O–H groups in total. The van der Waals surface area contributed by atoms with Crippen molar-refractivity contribution < 1.29 is 24.0 Å². The molecule has 3 rings (SSSR count).